The van der Waals surface area contributed by atoms with E-state index in [0.717, 1.165) is 194 Å². The maximum Gasteiger partial charge on any atom is 0.227 e. The molecule has 0 N–H and O–H groups in total. The Labute approximate surface area is 764 Å². The third-order valence-electron chi connectivity index (χ3n) is 25.3. The zero-order valence-electron chi connectivity index (χ0n) is 84.2. The van der Waals surface area contributed by atoms with Crippen molar-refractivity contribution in [2.45, 2.75) is 188 Å². The zero-order chi connectivity index (χ0) is 95.6. The van der Waals surface area contributed by atoms with E-state index in [-0.39, 0.29) is 11.8 Å². The highest BCUT2D eigenvalue weighted by atomic mass is 16.4. The van der Waals surface area contributed by atoms with Crippen LogP contribution >= 0.6 is 0 Å². The highest BCUT2D eigenvalue weighted by Gasteiger charge is 2.29. The van der Waals surface area contributed by atoms with E-state index >= 15 is 0 Å². The standard InChI is InChI=1S/2C24H27N2O.C23H25N2O.C22H23N2O.C21H21N2O/c1-7-16-12-13-26(6)19(14-16)21-15(2)8-9-17-18-10-11-20(24(3,4)5)25-23(18)27-22(17)21;1-6-17-11-12-26(5)21(14-17)22-16(4)7-9-19-20-10-8-18(13-15(2)3)25-24(20)27-23(19)22;1-6-16-11-12-25(5)20(13-16)21-15(4)7-8-17-18-9-10-19(14(2)3)24-23(18)26-22(17)21;1-5-15-11-12-24(4)19(13-15)20-14(3)7-9-17-18-10-8-16(6-2)23-22(18)25-21(17)20;1-5-15-10-11-23(4)18(12-15)19-13(2)6-8-16-17-9-7-14(3)22-21(17)24-20(16)19/h8-14H,7H2,1-6H3;7-12,14-15H,6,13H2,1-5H3;7-14H,6H2,1-5H3;7-13H,5-6H2,1-4H3;6-12H,5H2,1-4H3/q5*+1/i;2D3,15D;14D;;. The number of hydrogen-bond acceptors (Lipinski definition) is 10. The van der Waals surface area contributed by atoms with E-state index in [1.54, 1.807) is 6.07 Å². The lowest BCUT2D eigenvalue weighted by atomic mass is 9.91. The molecule has 0 bridgehead atoms. The molecule has 15 nitrogen and oxygen atoms in total. The number of fused-ring (bicyclic) bond motifs is 15. The van der Waals surface area contributed by atoms with Crippen molar-refractivity contribution in [2.75, 3.05) is 0 Å². The molecule has 0 amide bonds. The average Bonchev–Trinajstić information content (AvgIpc) is 1.61. The molecule has 20 rings (SSSR count). The molecule has 0 aliphatic carbocycles. The van der Waals surface area contributed by atoms with Crippen molar-refractivity contribution in [2.24, 2.45) is 41.1 Å². The minimum Gasteiger partial charge on any atom is -0.437 e. The van der Waals surface area contributed by atoms with Gasteiger partial charge in [-0.1, -0.05) is 151 Å². The van der Waals surface area contributed by atoms with Crippen LogP contribution in [0, 0.1) is 47.4 Å². The molecule has 1 atom stereocenters. The summed E-state index contributed by atoms with van der Waals surface area (Å²) >= 11 is 0. The van der Waals surface area contributed by atoms with Gasteiger partial charge in [-0.25, -0.2) is 47.8 Å². The SMILES string of the molecule is CCc1cc[n+](C)c(-c2c(C)ccc3c2oc2nc(C(C)(C)C)ccc23)c1.CCc1cc[n+](C)c(-c2c(C)ccc3c2oc2nc(C)ccc23)c1.CCc1cc[n+](C)c(-c2c(C)ccc3c2oc2nc(CC)ccc23)c1.[2H]C(C)(C)c1ccc2c(n1)oc1c(-c3cc(CC)cc[n+]3C)c(C)ccc12.[2H]C([2H])([2H])C([2H])(C)Cc1ccc2c(n1)oc1c(-c3cc(CC)cc[n+]3C)c(C)ccc12. The largest absolute Gasteiger partial charge is 0.437 e. The number of pyridine rings is 10. The predicted molar refractivity (Wildman–Crippen MR) is 527 cm³/mol. The summed E-state index contributed by atoms with van der Waals surface area (Å²) in [6, 6.07) is 63.7. The van der Waals surface area contributed by atoms with Gasteiger partial charge in [-0.2, -0.15) is 0 Å². The van der Waals surface area contributed by atoms with Gasteiger partial charge in [0.1, 0.15) is 35.2 Å². The van der Waals surface area contributed by atoms with E-state index in [0.29, 0.717) is 28.5 Å². The summed E-state index contributed by atoms with van der Waals surface area (Å²) in [5.41, 5.74) is 35.7. The number of benzene rings is 5. The van der Waals surface area contributed by atoms with Crippen LogP contribution in [0.3, 0.4) is 0 Å². The third kappa shape index (κ3) is 17.6. The van der Waals surface area contributed by atoms with Gasteiger partial charge in [0.2, 0.25) is 57.0 Å². The van der Waals surface area contributed by atoms with Crippen LogP contribution in [-0.2, 0) is 85.6 Å². The smallest absolute Gasteiger partial charge is 0.227 e. The maximum absolute atomic E-state index is 8.26. The first-order valence-corrected chi connectivity index (χ1v) is 45.3. The molecule has 0 saturated heterocycles. The van der Waals surface area contributed by atoms with E-state index in [1.807, 2.05) is 58.2 Å². The molecule has 129 heavy (non-hydrogen) atoms. The summed E-state index contributed by atoms with van der Waals surface area (Å²) in [6.07, 6.45) is 16.5. The van der Waals surface area contributed by atoms with Crippen molar-refractivity contribution in [3.8, 4) is 56.3 Å². The van der Waals surface area contributed by atoms with E-state index in [9.17, 15) is 0 Å². The Hall–Kier alpha value is -13.4. The quantitative estimate of drug-likeness (QED) is 0.0963. The Balaban J connectivity index is 0.000000122. The van der Waals surface area contributed by atoms with Crippen LogP contribution in [0.25, 0.3) is 167 Å². The second-order valence-corrected chi connectivity index (χ2v) is 35.9. The van der Waals surface area contributed by atoms with Crippen LogP contribution in [0.15, 0.2) is 235 Å². The van der Waals surface area contributed by atoms with Crippen LogP contribution in [0.2, 0.25) is 0 Å². The van der Waals surface area contributed by atoms with Crippen molar-refractivity contribution < 1.29 is 51.8 Å². The predicted octanol–water partition coefficient (Wildman–Crippen LogP) is 26.2. The van der Waals surface area contributed by atoms with Crippen molar-refractivity contribution in [1.29, 1.82) is 0 Å². The Morgan fingerprint density at radius 3 is 0.884 bits per heavy atom. The Kier molecular flexibility index (Phi) is 23.5. The summed E-state index contributed by atoms with van der Waals surface area (Å²) in [7, 11) is 10.3. The van der Waals surface area contributed by atoms with Crippen LogP contribution in [0.5, 0.6) is 0 Å². The van der Waals surface area contributed by atoms with Crippen molar-refractivity contribution >= 4 is 110 Å². The minimum absolute atomic E-state index is 0.00614. The van der Waals surface area contributed by atoms with Gasteiger partial charge < -0.3 is 22.1 Å². The fourth-order valence-electron chi connectivity index (χ4n) is 17.5. The van der Waals surface area contributed by atoms with Gasteiger partial charge in [0, 0.05) is 155 Å². The van der Waals surface area contributed by atoms with Crippen molar-refractivity contribution in [1.82, 2.24) is 24.9 Å². The minimum atomic E-state index is -2.39. The molecule has 15 heterocycles. The number of rotatable bonds is 14. The number of aryl methyl sites for hydroxylation is 17. The average molecular weight is 1720 g/mol. The van der Waals surface area contributed by atoms with Crippen LogP contribution in [0.1, 0.15) is 187 Å². The Morgan fingerprint density at radius 1 is 0.310 bits per heavy atom. The van der Waals surface area contributed by atoms with Gasteiger partial charge in [0.05, 0.1) is 27.8 Å². The number of furan rings is 5. The number of aromatic nitrogens is 10. The molecule has 0 saturated carbocycles. The summed E-state index contributed by atoms with van der Waals surface area (Å²) in [5, 5.41) is 10.5. The third-order valence-corrected chi connectivity index (χ3v) is 25.3. The van der Waals surface area contributed by atoms with E-state index in [1.165, 1.54) is 74.1 Å². The molecule has 5 aromatic carbocycles. The first-order chi connectivity index (χ1) is 63.8. The Morgan fingerprint density at radius 2 is 0.581 bits per heavy atom. The highest BCUT2D eigenvalue weighted by Crippen LogP contribution is 2.44. The summed E-state index contributed by atoms with van der Waals surface area (Å²) in [4.78, 5) is 23.3. The van der Waals surface area contributed by atoms with Crippen molar-refractivity contribution in [3.63, 3.8) is 0 Å². The fraction of sp³-hybridized carbons (Fsp3) is 0.298. The molecule has 0 spiro atoms. The van der Waals surface area contributed by atoms with Crippen LogP contribution in [-0.4, -0.2) is 24.9 Å². The monoisotopic (exact) mass is 1720 g/mol. The first-order valence-electron chi connectivity index (χ1n) is 47.8. The van der Waals surface area contributed by atoms with Gasteiger partial charge in [0.25, 0.3) is 0 Å². The Bertz CT molecular complexity index is 7760. The molecule has 15 aromatic heterocycles. The molecule has 0 aliphatic rings. The molecule has 20 aromatic rings. The molecular formula is C114H123N10O5+5. The molecule has 0 fully saturated rings. The van der Waals surface area contributed by atoms with Gasteiger partial charge in [-0.3, -0.25) is 0 Å². The van der Waals surface area contributed by atoms with Gasteiger partial charge >= 0.3 is 0 Å². The second-order valence-electron chi connectivity index (χ2n) is 35.9. The first kappa shape index (κ1) is 82.6. The molecule has 0 aliphatic heterocycles. The topological polar surface area (TPSA) is 150 Å². The highest BCUT2D eigenvalue weighted by molar-refractivity contribution is 6.13. The summed E-state index contributed by atoms with van der Waals surface area (Å²) in [5.74, 6) is -2.37. The zero-order valence-corrected chi connectivity index (χ0v) is 79.2. The molecular weight excluding hydrogens is 1590 g/mol. The molecule has 0 radical (unpaired) electrons. The summed E-state index contributed by atoms with van der Waals surface area (Å²) < 4.78 is 81.5. The van der Waals surface area contributed by atoms with Gasteiger partial charge in [0.15, 0.2) is 58.9 Å². The molecule has 654 valence electrons. The van der Waals surface area contributed by atoms with E-state index in [2.05, 4.69) is 344 Å². The second kappa shape index (κ2) is 36.8. The number of nitrogens with zero attached hydrogens (tertiary/aromatic N) is 10. The maximum atomic E-state index is 8.26. The molecule has 1 unspecified atom stereocenters. The van der Waals surface area contributed by atoms with Gasteiger partial charge in [-0.15, -0.1) is 0 Å². The van der Waals surface area contributed by atoms with Crippen LogP contribution < -0.4 is 22.8 Å². The van der Waals surface area contributed by atoms with E-state index in [4.69, 9.17) is 33.9 Å². The lowest BCUT2D eigenvalue weighted by Crippen LogP contribution is -2.30. The molecule has 15 heteroatoms. The fourth-order valence-corrected chi connectivity index (χ4v) is 17.5. The lowest BCUT2D eigenvalue weighted by molar-refractivity contribution is -0.660. The summed E-state index contributed by atoms with van der Waals surface area (Å²) in [6.45, 7) is 34.8. The van der Waals surface area contributed by atoms with Crippen LogP contribution in [0.4, 0.5) is 0 Å². The normalized spacial score (nSPS) is 13.0. The van der Waals surface area contributed by atoms with E-state index < -0.39 is 18.6 Å². The number of hydrogen-bond donors (Lipinski definition) is 0. The van der Waals surface area contributed by atoms with Crippen molar-refractivity contribution in [3.05, 3.63) is 297 Å². The van der Waals surface area contributed by atoms with Gasteiger partial charge in [-0.05, 0) is 215 Å². The lowest BCUT2D eigenvalue weighted by Gasteiger charge is -2.16.